The lowest BCUT2D eigenvalue weighted by atomic mass is 9.94. The number of nitrogens with one attached hydrogen (secondary N) is 2. The number of carbonyl (C=O) groups excluding carboxylic acids is 1. The van der Waals surface area contributed by atoms with E-state index in [1.165, 1.54) is 38.3 Å². The summed E-state index contributed by atoms with van der Waals surface area (Å²) in [4.78, 5) is 28.2. The SMILES string of the molecule is O=C(NC[C@@H]1CCN(C2CCCCC2)C1)c1c[nH]c(=O)cc1O. The van der Waals surface area contributed by atoms with Crippen molar-refractivity contribution in [1.29, 1.82) is 0 Å². The van der Waals surface area contributed by atoms with Crippen molar-refractivity contribution < 1.29 is 9.90 Å². The molecule has 6 nitrogen and oxygen atoms in total. The van der Waals surface area contributed by atoms with Crippen molar-refractivity contribution in [2.45, 2.75) is 44.6 Å². The molecule has 1 aromatic heterocycles. The van der Waals surface area contributed by atoms with Crippen LogP contribution >= 0.6 is 0 Å². The zero-order valence-corrected chi connectivity index (χ0v) is 13.4. The number of rotatable bonds is 4. The number of aromatic hydroxyl groups is 1. The summed E-state index contributed by atoms with van der Waals surface area (Å²) in [5.41, 5.74) is -0.301. The number of aromatic nitrogens is 1. The van der Waals surface area contributed by atoms with E-state index in [1.807, 2.05) is 0 Å². The highest BCUT2D eigenvalue weighted by molar-refractivity contribution is 5.96. The minimum atomic E-state index is -0.419. The molecular formula is C17H25N3O3. The number of hydrogen-bond donors (Lipinski definition) is 3. The van der Waals surface area contributed by atoms with Gasteiger partial charge in [0.1, 0.15) is 5.75 Å². The van der Waals surface area contributed by atoms with Crippen LogP contribution in [0.3, 0.4) is 0 Å². The van der Waals surface area contributed by atoms with E-state index < -0.39 is 5.56 Å². The zero-order chi connectivity index (χ0) is 16.2. The molecule has 23 heavy (non-hydrogen) atoms. The van der Waals surface area contributed by atoms with E-state index in [0.29, 0.717) is 12.5 Å². The predicted molar refractivity (Wildman–Crippen MR) is 87.6 cm³/mol. The standard InChI is InChI=1S/C17H25N3O3/c21-15-8-16(22)18-10-14(15)17(23)19-9-12-6-7-20(11-12)13-4-2-1-3-5-13/h8,10,12-13H,1-7,9,11H2,(H,19,23)(H2,18,21,22)/t12-/m0/s1. The monoisotopic (exact) mass is 319 g/mol. The Bertz CT molecular complexity index is 607. The Hall–Kier alpha value is -1.82. The molecule has 6 heteroatoms. The van der Waals surface area contributed by atoms with Crippen molar-refractivity contribution in [3.63, 3.8) is 0 Å². The lowest BCUT2D eigenvalue weighted by molar-refractivity contribution is 0.0943. The van der Waals surface area contributed by atoms with Gasteiger partial charge in [-0.25, -0.2) is 0 Å². The number of likely N-dealkylation sites (tertiary alicyclic amines) is 1. The van der Waals surface area contributed by atoms with Gasteiger partial charge in [-0.05, 0) is 31.7 Å². The second-order valence-corrected chi connectivity index (χ2v) is 6.75. The molecule has 1 saturated heterocycles. The zero-order valence-electron chi connectivity index (χ0n) is 13.4. The van der Waals surface area contributed by atoms with E-state index in [2.05, 4.69) is 15.2 Å². The highest BCUT2D eigenvalue weighted by Gasteiger charge is 2.29. The van der Waals surface area contributed by atoms with E-state index in [0.717, 1.165) is 31.6 Å². The van der Waals surface area contributed by atoms with Gasteiger partial charge in [-0.15, -0.1) is 0 Å². The fourth-order valence-corrected chi connectivity index (χ4v) is 3.78. The molecule has 126 valence electrons. The first kappa shape index (κ1) is 16.1. The van der Waals surface area contributed by atoms with Gasteiger partial charge in [0.15, 0.2) is 0 Å². The van der Waals surface area contributed by atoms with Crippen LogP contribution in [-0.2, 0) is 0 Å². The average molecular weight is 319 g/mol. The minimum Gasteiger partial charge on any atom is -0.507 e. The Morgan fingerprint density at radius 1 is 1.30 bits per heavy atom. The van der Waals surface area contributed by atoms with Gasteiger partial charge in [0, 0.05) is 31.4 Å². The minimum absolute atomic E-state index is 0.117. The van der Waals surface area contributed by atoms with Gasteiger partial charge in [-0.1, -0.05) is 19.3 Å². The van der Waals surface area contributed by atoms with Crippen LogP contribution in [0.5, 0.6) is 5.75 Å². The molecular weight excluding hydrogens is 294 g/mol. The van der Waals surface area contributed by atoms with Crippen molar-refractivity contribution in [1.82, 2.24) is 15.2 Å². The fraction of sp³-hybridized carbons (Fsp3) is 0.647. The number of carbonyl (C=O) groups is 1. The summed E-state index contributed by atoms with van der Waals surface area (Å²) in [6.45, 7) is 2.78. The van der Waals surface area contributed by atoms with Crippen LogP contribution in [0.15, 0.2) is 17.1 Å². The van der Waals surface area contributed by atoms with Crippen molar-refractivity contribution in [2.75, 3.05) is 19.6 Å². The number of pyridine rings is 1. The Kier molecular flexibility index (Phi) is 5.00. The predicted octanol–water partition coefficient (Wildman–Crippen LogP) is 1.46. The molecule has 2 heterocycles. The number of nitrogens with zero attached hydrogens (tertiary/aromatic N) is 1. The maximum atomic E-state index is 12.1. The number of aromatic amines is 1. The maximum absolute atomic E-state index is 12.1. The van der Waals surface area contributed by atoms with Crippen LogP contribution in [0.4, 0.5) is 0 Å². The fourth-order valence-electron chi connectivity index (χ4n) is 3.78. The van der Waals surface area contributed by atoms with E-state index in [1.54, 1.807) is 0 Å². The lowest BCUT2D eigenvalue weighted by Crippen LogP contribution is -2.36. The highest BCUT2D eigenvalue weighted by atomic mass is 16.3. The van der Waals surface area contributed by atoms with Gasteiger partial charge >= 0.3 is 0 Å². The third kappa shape index (κ3) is 3.93. The normalized spacial score (nSPS) is 23.0. The van der Waals surface area contributed by atoms with E-state index in [9.17, 15) is 14.7 Å². The Morgan fingerprint density at radius 2 is 2.09 bits per heavy atom. The molecule has 0 radical (unpaired) electrons. The highest BCUT2D eigenvalue weighted by Crippen LogP contribution is 2.27. The first-order valence-electron chi connectivity index (χ1n) is 8.57. The summed E-state index contributed by atoms with van der Waals surface area (Å²) in [6.07, 6.45) is 9.04. The molecule has 0 spiro atoms. The molecule has 1 atom stereocenters. The summed E-state index contributed by atoms with van der Waals surface area (Å²) in [7, 11) is 0. The summed E-state index contributed by atoms with van der Waals surface area (Å²) in [5, 5.41) is 12.6. The van der Waals surface area contributed by atoms with Gasteiger partial charge in [0.25, 0.3) is 11.5 Å². The number of hydrogen-bond acceptors (Lipinski definition) is 4. The second kappa shape index (κ2) is 7.17. The van der Waals surface area contributed by atoms with Crippen molar-refractivity contribution in [3.05, 3.63) is 28.2 Å². The Balaban J connectivity index is 1.49. The van der Waals surface area contributed by atoms with Gasteiger partial charge in [-0.2, -0.15) is 0 Å². The Morgan fingerprint density at radius 3 is 2.83 bits per heavy atom. The van der Waals surface area contributed by atoms with Gasteiger partial charge < -0.3 is 20.3 Å². The van der Waals surface area contributed by atoms with Crippen molar-refractivity contribution in [3.8, 4) is 5.75 Å². The molecule has 0 unspecified atom stereocenters. The molecule has 1 aromatic rings. The maximum Gasteiger partial charge on any atom is 0.256 e. The molecule has 1 amide bonds. The Labute approximate surface area is 135 Å². The topological polar surface area (TPSA) is 85.4 Å². The molecule has 0 aromatic carbocycles. The van der Waals surface area contributed by atoms with Crippen LogP contribution in [-0.4, -0.2) is 46.6 Å². The van der Waals surface area contributed by atoms with Crippen LogP contribution in [0.1, 0.15) is 48.9 Å². The molecule has 1 aliphatic carbocycles. The second-order valence-electron chi connectivity index (χ2n) is 6.75. The van der Waals surface area contributed by atoms with Crippen molar-refractivity contribution >= 4 is 5.91 Å². The van der Waals surface area contributed by atoms with E-state index >= 15 is 0 Å². The van der Waals surface area contributed by atoms with Crippen molar-refractivity contribution in [2.24, 2.45) is 5.92 Å². The summed E-state index contributed by atoms with van der Waals surface area (Å²) in [6, 6.07) is 1.75. The lowest BCUT2D eigenvalue weighted by Gasteiger charge is -2.31. The quantitative estimate of drug-likeness (QED) is 0.784. The first-order chi connectivity index (χ1) is 11.1. The average Bonchev–Trinajstić information content (AvgIpc) is 3.02. The summed E-state index contributed by atoms with van der Waals surface area (Å²) >= 11 is 0. The van der Waals surface area contributed by atoms with Crippen LogP contribution in [0, 0.1) is 5.92 Å². The largest absolute Gasteiger partial charge is 0.507 e. The summed E-state index contributed by atoms with van der Waals surface area (Å²) in [5.74, 6) is -0.151. The molecule has 0 bridgehead atoms. The molecule has 2 fully saturated rings. The number of amides is 1. The third-order valence-corrected chi connectivity index (χ3v) is 5.11. The van der Waals surface area contributed by atoms with Gasteiger partial charge in [-0.3, -0.25) is 9.59 Å². The third-order valence-electron chi connectivity index (χ3n) is 5.11. The first-order valence-corrected chi connectivity index (χ1v) is 8.57. The molecule has 3 N–H and O–H groups in total. The molecule has 1 aliphatic heterocycles. The van der Waals surface area contributed by atoms with Crippen LogP contribution in [0.2, 0.25) is 0 Å². The van der Waals surface area contributed by atoms with Gasteiger partial charge in [0.2, 0.25) is 0 Å². The molecule has 1 saturated carbocycles. The van der Waals surface area contributed by atoms with Crippen LogP contribution < -0.4 is 10.9 Å². The number of H-pyrrole nitrogens is 1. The van der Waals surface area contributed by atoms with E-state index in [-0.39, 0.29) is 17.2 Å². The van der Waals surface area contributed by atoms with Gasteiger partial charge in [0.05, 0.1) is 5.56 Å². The molecule has 2 aliphatic rings. The summed E-state index contributed by atoms with van der Waals surface area (Å²) < 4.78 is 0. The molecule has 3 rings (SSSR count). The smallest absolute Gasteiger partial charge is 0.256 e. The van der Waals surface area contributed by atoms with E-state index in [4.69, 9.17) is 0 Å². The van der Waals surface area contributed by atoms with Crippen LogP contribution in [0.25, 0.3) is 0 Å².